The lowest BCUT2D eigenvalue weighted by Crippen LogP contribution is -2.20. The van der Waals surface area contributed by atoms with Crippen LogP contribution in [0.3, 0.4) is 0 Å². The molecule has 0 saturated carbocycles. The van der Waals surface area contributed by atoms with Crippen molar-refractivity contribution in [3.63, 3.8) is 0 Å². The summed E-state index contributed by atoms with van der Waals surface area (Å²) < 4.78 is 10.4. The van der Waals surface area contributed by atoms with Crippen molar-refractivity contribution in [1.82, 2.24) is 0 Å². The van der Waals surface area contributed by atoms with Gasteiger partial charge in [0.1, 0.15) is 5.78 Å². The lowest BCUT2D eigenvalue weighted by Gasteiger charge is -2.11. The molecule has 6 heteroatoms. The van der Waals surface area contributed by atoms with Crippen molar-refractivity contribution in [3.8, 4) is 0 Å². The van der Waals surface area contributed by atoms with Crippen molar-refractivity contribution in [3.05, 3.63) is 0 Å². The molecule has 62 valence electrons. The zero-order valence-electron chi connectivity index (χ0n) is 5.73. The van der Waals surface area contributed by atoms with Crippen LogP contribution in [0.2, 0.25) is 0 Å². The minimum atomic E-state index is -4.02. The van der Waals surface area contributed by atoms with Crippen LogP contribution in [0.15, 0.2) is 0 Å². The molecule has 0 heterocycles. The molecule has 0 amide bonds. The zero-order chi connectivity index (χ0) is 8.20. The summed E-state index contributed by atoms with van der Waals surface area (Å²) in [7, 11) is -4.02. The first kappa shape index (κ1) is 10.5. The maximum atomic E-state index is 10.4. The Morgan fingerprint density at radius 3 is 2.50 bits per heavy atom. The molecule has 0 aliphatic heterocycles. The second-order valence-electron chi connectivity index (χ2n) is 1.94. The van der Waals surface area contributed by atoms with Gasteiger partial charge in [0.15, 0.2) is 0 Å². The molecule has 4 N–H and O–H groups in total. The normalized spacial score (nSPS) is 15.2. The molecule has 0 aromatic heterocycles. The Morgan fingerprint density at radius 2 is 2.20 bits per heavy atom. The van der Waals surface area contributed by atoms with Gasteiger partial charge in [-0.15, -0.1) is 0 Å². The van der Waals surface area contributed by atoms with Crippen LogP contribution in [0.4, 0.5) is 0 Å². The molecule has 0 unspecified atom stereocenters. The van der Waals surface area contributed by atoms with Crippen molar-refractivity contribution in [2.24, 2.45) is 5.73 Å². The molecular weight excluding hydrogens is 173 g/mol. The molecule has 1 atom stereocenters. The first-order valence-electron chi connectivity index (χ1n) is 2.78. The van der Waals surface area contributed by atoms with Crippen molar-refractivity contribution >= 4 is 19.4 Å². The fraction of sp³-hybridized carbons (Fsp3) is 1.00. The largest absolute Gasteiger partial charge is 0.342 e. The van der Waals surface area contributed by atoms with E-state index in [0.29, 0.717) is 12.2 Å². The summed E-state index contributed by atoms with van der Waals surface area (Å²) in [5.41, 5.74) is 5.16. The van der Waals surface area contributed by atoms with E-state index >= 15 is 0 Å². The fourth-order valence-electron chi connectivity index (χ4n) is 0.407. The number of rotatable bonds is 4. The SMILES string of the molecule is CSCC[C@@H](N)P(=O)(O)O. The van der Waals surface area contributed by atoms with Gasteiger partial charge in [-0.2, -0.15) is 11.8 Å². The standard InChI is InChI=1S/C4H12NO3PS/c1-10-3-2-4(5)9(6,7)8/h4H,2-3,5H2,1H3,(H2,6,7,8)/t4-/m0/s1. The van der Waals surface area contributed by atoms with Gasteiger partial charge in [-0.25, -0.2) is 0 Å². The Labute approximate surface area is 64.3 Å². The Morgan fingerprint density at radius 1 is 1.70 bits per heavy atom. The molecule has 0 saturated heterocycles. The van der Waals surface area contributed by atoms with Gasteiger partial charge in [0.2, 0.25) is 0 Å². The first-order valence-corrected chi connectivity index (χ1v) is 5.85. The van der Waals surface area contributed by atoms with Crippen molar-refractivity contribution in [2.45, 2.75) is 12.2 Å². The summed E-state index contributed by atoms with van der Waals surface area (Å²) in [6.45, 7) is 0. The maximum absolute atomic E-state index is 10.4. The van der Waals surface area contributed by atoms with E-state index in [1.54, 1.807) is 0 Å². The molecule has 0 aliphatic carbocycles. The molecular formula is C4H12NO3PS. The van der Waals surface area contributed by atoms with Gasteiger partial charge in [0, 0.05) is 0 Å². The van der Waals surface area contributed by atoms with Crippen molar-refractivity contribution < 1.29 is 14.4 Å². The second kappa shape index (κ2) is 4.36. The summed E-state index contributed by atoms with van der Waals surface area (Å²) >= 11 is 1.52. The Balaban J connectivity index is 3.63. The lowest BCUT2D eigenvalue weighted by molar-refractivity contribution is 0.357. The van der Waals surface area contributed by atoms with E-state index < -0.39 is 13.4 Å². The highest BCUT2D eigenvalue weighted by Gasteiger charge is 2.23. The van der Waals surface area contributed by atoms with Crippen LogP contribution in [0, 0.1) is 0 Å². The van der Waals surface area contributed by atoms with E-state index in [2.05, 4.69) is 0 Å². The molecule has 0 rings (SSSR count). The molecule has 0 aromatic rings. The highest BCUT2D eigenvalue weighted by atomic mass is 32.2. The third kappa shape index (κ3) is 4.30. The van der Waals surface area contributed by atoms with Gasteiger partial charge < -0.3 is 15.5 Å². The molecule has 0 spiro atoms. The van der Waals surface area contributed by atoms with Gasteiger partial charge in [-0.3, -0.25) is 4.57 Å². The summed E-state index contributed by atoms with van der Waals surface area (Å²) in [5, 5.41) is 0. The third-order valence-corrected chi connectivity index (χ3v) is 2.82. The van der Waals surface area contributed by atoms with Gasteiger partial charge >= 0.3 is 7.60 Å². The third-order valence-electron chi connectivity index (χ3n) is 1.05. The zero-order valence-corrected chi connectivity index (χ0v) is 7.44. The second-order valence-corrected chi connectivity index (χ2v) is 4.76. The number of hydrogen-bond acceptors (Lipinski definition) is 3. The van der Waals surface area contributed by atoms with Crippen LogP contribution >= 0.6 is 19.4 Å². The average molecular weight is 185 g/mol. The van der Waals surface area contributed by atoms with Crippen LogP contribution in [0.5, 0.6) is 0 Å². The quantitative estimate of drug-likeness (QED) is 0.545. The van der Waals surface area contributed by atoms with Crippen LogP contribution in [-0.2, 0) is 4.57 Å². The van der Waals surface area contributed by atoms with Crippen molar-refractivity contribution in [1.29, 1.82) is 0 Å². The monoisotopic (exact) mass is 185 g/mol. The minimum Gasteiger partial charge on any atom is -0.323 e. The lowest BCUT2D eigenvalue weighted by atomic mass is 10.5. The highest BCUT2D eigenvalue weighted by molar-refractivity contribution is 7.98. The predicted octanol–water partition coefficient (Wildman–Crippen LogP) is 0.202. The van der Waals surface area contributed by atoms with Crippen molar-refractivity contribution in [2.75, 3.05) is 12.0 Å². The Kier molecular flexibility index (Phi) is 4.56. The van der Waals surface area contributed by atoms with Gasteiger partial charge in [-0.05, 0) is 18.4 Å². The molecule has 0 radical (unpaired) electrons. The van der Waals surface area contributed by atoms with E-state index in [-0.39, 0.29) is 0 Å². The highest BCUT2D eigenvalue weighted by Crippen LogP contribution is 2.39. The van der Waals surface area contributed by atoms with E-state index in [0.717, 1.165) is 0 Å². The maximum Gasteiger partial charge on any atom is 0.342 e. The van der Waals surface area contributed by atoms with E-state index in [9.17, 15) is 4.57 Å². The minimum absolute atomic E-state index is 0.367. The molecule has 0 fully saturated rings. The smallest absolute Gasteiger partial charge is 0.323 e. The predicted molar refractivity (Wildman–Crippen MR) is 43.0 cm³/mol. The number of nitrogens with two attached hydrogens (primary N) is 1. The molecule has 0 aromatic carbocycles. The summed E-state index contributed by atoms with van der Waals surface area (Å²) in [6, 6.07) is 0. The molecule has 10 heavy (non-hydrogen) atoms. The van der Waals surface area contributed by atoms with Gasteiger partial charge in [-0.1, -0.05) is 0 Å². The Hall–Kier alpha value is 0.460. The average Bonchev–Trinajstić information content (AvgIpc) is 1.80. The number of hydrogen-bond donors (Lipinski definition) is 3. The molecule has 0 aliphatic rings. The number of thioether (sulfide) groups is 1. The van der Waals surface area contributed by atoms with Crippen LogP contribution in [0.25, 0.3) is 0 Å². The molecule has 4 nitrogen and oxygen atoms in total. The van der Waals surface area contributed by atoms with E-state index in [1.165, 1.54) is 11.8 Å². The summed E-state index contributed by atoms with van der Waals surface area (Å²) in [4.78, 5) is 17.0. The Bertz CT molecular complexity index is 136. The summed E-state index contributed by atoms with van der Waals surface area (Å²) in [6.07, 6.45) is 2.23. The first-order chi connectivity index (χ1) is 4.48. The fourth-order valence-corrected chi connectivity index (χ4v) is 1.54. The topological polar surface area (TPSA) is 83.6 Å². The molecule has 0 bridgehead atoms. The van der Waals surface area contributed by atoms with Gasteiger partial charge in [0.05, 0.1) is 0 Å². The van der Waals surface area contributed by atoms with Crippen LogP contribution in [0.1, 0.15) is 6.42 Å². The summed E-state index contributed by atoms with van der Waals surface area (Å²) in [5.74, 6) is -0.299. The van der Waals surface area contributed by atoms with E-state index in [1.807, 2.05) is 6.26 Å². The van der Waals surface area contributed by atoms with Gasteiger partial charge in [0.25, 0.3) is 0 Å². The van der Waals surface area contributed by atoms with Crippen LogP contribution in [-0.4, -0.2) is 27.6 Å². The van der Waals surface area contributed by atoms with E-state index in [4.69, 9.17) is 15.5 Å². The van der Waals surface area contributed by atoms with Crippen LogP contribution < -0.4 is 5.73 Å².